The molecule has 1 rings (SSSR count). The second kappa shape index (κ2) is 36.5. The Morgan fingerprint density at radius 1 is 0.509 bits per heavy atom. The van der Waals surface area contributed by atoms with Crippen LogP contribution >= 0.6 is 0 Å². The summed E-state index contributed by atoms with van der Waals surface area (Å²) in [7, 11) is 0. The van der Waals surface area contributed by atoms with Gasteiger partial charge < -0.3 is 30.3 Å². The molecule has 0 aliphatic carbocycles. The zero-order chi connectivity index (χ0) is 42.6. The highest BCUT2D eigenvalue weighted by molar-refractivity contribution is 5.89. The monoisotopic (exact) mass is 811 g/mol. The van der Waals surface area contributed by atoms with E-state index in [2.05, 4.69) is 46.3 Å². The summed E-state index contributed by atoms with van der Waals surface area (Å²) >= 11 is 0. The molecule has 0 fully saturated rings. The van der Waals surface area contributed by atoms with Crippen molar-refractivity contribution < 1.29 is 35.1 Å². The first-order chi connectivity index (χ1) is 27.6. The molecule has 57 heavy (non-hydrogen) atoms. The third kappa shape index (κ3) is 23.3. The summed E-state index contributed by atoms with van der Waals surface area (Å²) in [5, 5.41) is 48.5. The number of unbranched alkanes of at least 4 members (excludes halogenated alkanes) is 23. The van der Waals surface area contributed by atoms with Gasteiger partial charge in [-0.1, -0.05) is 228 Å². The molecule has 0 aromatic carbocycles. The Labute approximate surface area is 353 Å². The van der Waals surface area contributed by atoms with Crippen molar-refractivity contribution in [2.45, 2.75) is 284 Å². The molecular formula is C50H98O7. The Morgan fingerprint density at radius 2 is 0.825 bits per heavy atom. The zero-order valence-corrected chi connectivity index (χ0v) is 38.7. The number of carbonyl (C=O) groups excluding carboxylic acids is 1. The maximum Gasteiger partial charge on any atom is 0.377 e. The summed E-state index contributed by atoms with van der Waals surface area (Å²) in [5.41, 5.74) is -0.376. The summed E-state index contributed by atoms with van der Waals surface area (Å²) in [6.07, 6.45) is 43.7. The minimum atomic E-state index is -1.42. The molecular weight excluding hydrogens is 713 g/mol. The maximum atomic E-state index is 13.4. The van der Waals surface area contributed by atoms with Crippen LogP contribution in [0.3, 0.4) is 0 Å². The molecule has 5 N–H and O–H groups in total. The summed E-state index contributed by atoms with van der Waals surface area (Å²) in [5.74, 6) is -2.08. The molecule has 0 spiro atoms. The highest BCUT2D eigenvalue weighted by atomic mass is 16.6. The maximum absolute atomic E-state index is 13.4. The van der Waals surface area contributed by atoms with Crippen LogP contribution in [-0.2, 0) is 9.53 Å². The molecule has 7 heteroatoms. The molecule has 0 aromatic heterocycles. The molecule has 1 aliphatic rings. The molecule has 0 amide bonds. The Hall–Kier alpha value is -1.31. The number of aliphatic hydroxyl groups excluding tert-OH is 4. The highest BCUT2D eigenvalue weighted by Gasteiger charge is 2.52. The van der Waals surface area contributed by atoms with E-state index in [0.717, 1.165) is 12.8 Å². The van der Waals surface area contributed by atoms with Gasteiger partial charge in [-0.15, -0.1) is 0 Å². The van der Waals surface area contributed by atoms with E-state index < -0.39 is 41.9 Å². The lowest BCUT2D eigenvalue weighted by Gasteiger charge is -2.54. The van der Waals surface area contributed by atoms with Gasteiger partial charge in [-0.3, -0.25) is 0 Å². The molecule has 0 saturated carbocycles. The van der Waals surface area contributed by atoms with Crippen molar-refractivity contribution in [3.8, 4) is 0 Å². The molecule has 4 atom stereocenters. The number of hydrogen-bond donors (Lipinski definition) is 5. The van der Waals surface area contributed by atoms with E-state index in [9.17, 15) is 9.90 Å². The van der Waals surface area contributed by atoms with Gasteiger partial charge in [0.2, 0.25) is 5.76 Å². The first-order valence-electron chi connectivity index (χ1n) is 24.9. The Bertz CT molecular complexity index is 939. The van der Waals surface area contributed by atoms with E-state index >= 15 is 0 Å². The van der Waals surface area contributed by atoms with Gasteiger partial charge in [-0.2, -0.15) is 0 Å². The largest absolute Gasteiger partial charge is 0.505 e. The van der Waals surface area contributed by atoms with Crippen LogP contribution < -0.4 is 0 Å². The van der Waals surface area contributed by atoms with Crippen LogP contribution in [0.2, 0.25) is 0 Å². The number of esters is 1. The SMILES string of the molecule is CCCCCCCCCCC(O)(CCCCCC)C(CCCCCC)(CCCCCC)C(CCCCCC)CCCCCCC.O=C1O[C@H]([C@@H](O)CO)C(O)=C1O. The van der Waals surface area contributed by atoms with E-state index in [1.807, 2.05) is 0 Å². The Balaban J connectivity index is 0.00000220. The Morgan fingerprint density at radius 3 is 1.18 bits per heavy atom. The molecule has 1 heterocycles. The molecule has 2 unspecified atom stereocenters. The van der Waals surface area contributed by atoms with Gasteiger partial charge in [-0.25, -0.2) is 4.79 Å². The smallest absolute Gasteiger partial charge is 0.377 e. The van der Waals surface area contributed by atoms with E-state index in [1.54, 1.807) is 0 Å². The summed E-state index contributed by atoms with van der Waals surface area (Å²) < 4.78 is 4.32. The fraction of sp³-hybridized carbons (Fsp3) is 0.940. The van der Waals surface area contributed by atoms with Crippen molar-refractivity contribution in [3.63, 3.8) is 0 Å². The van der Waals surface area contributed by atoms with Crippen LogP contribution in [0.4, 0.5) is 0 Å². The Kier molecular flexibility index (Phi) is 35.7. The quantitative estimate of drug-likeness (QED) is 0.0309. The number of hydrogen-bond acceptors (Lipinski definition) is 7. The zero-order valence-electron chi connectivity index (χ0n) is 38.7. The third-order valence-corrected chi connectivity index (χ3v) is 13.1. The van der Waals surface area contributed by atoms with Crippen LogP contribution in [0.1, 0.15) is 266 Å². The number of carbonyl (C=O) groups is 1. The van der Waals surface area contributed by atoms with Gasteiger partial charge in [0.05, 0.1) is 12.2 Å². The van der Waals surface area contributed by atoms with Crippen LogP contribution in [0.15, 0.2) is 11.5 Å². The fourth-order valence-corrected chi connectivity index (χ4v) is 9.46. The van der Waals surface area contributed by atoms with Crippen molar-refractivity contribution in [1.29, 1.82) is 0 Å². The van der Waals surface area contributed by atoms with E-state index in [0.29, 0.717) is 5.92 Å². The van der Waals surface area contributed by atoms with E-state index in [4.69, 9.17) is 20.4 Å². The molecule has 0 bridgehead atoms. The lowest BCUT2D eigenvalue weighted by Crippen LogP contribution is -2.53. The van der Waals surface area contributed by atoms with Crippen LogP contribution in [0.25, 0.3) is 0 Å². The second-order valence-electron chi connectivity index (χ2n) is 17.9. The highest BCUT2D eigenvalue weighted by Crippen LogP contribution is 2.55. The topological polar surface area (TPSA) is 127 Å². The third-order valence-electron chi connectivity index (χ3n) is 13.1. The van der Waals surface area contributed by atoms with Gasteiger partial charge >= 0.3 is 5.97 Å². The minimum absolute atomic E-state index is 0.110. The van der Waals surface area contributed by atoms with Crippen molar-refractivity contribution in [1.82, 2.24) is 0 Å². The number of cyclic esters (lactones) is 1. The first kappa shape index (κ1) is 55.7. The van der Waals surface area contributed by atoms with Gasteiger partial charge in [0, 0.05) is 5.41 Å². The normalized spacial score (nSPS) is 16.6. The van der Waals surface area contributed by atoms with Gasteiger partial charge in [-0.05, 0) is 44.4 Å². The van der Waals surface area contributed by atoms with Crippen LogP contribution in [-0.4, -0.2) is 55.9 Å². The van der Waals surface area contributed by atoms with Crippen LogP contribution in [0, 0.1) is 11.3 Å². The second-order valence-corrected chi connectivity index (χ2v) is 17.9. The van der Waals surface area contributed by atoms with Gasteiger partial charge in [0.1, 0.15) is 6.10 Å². The predicted molar refractivity (Wildman–Crippen MR) is 242 cm³/mol. The molecule has 0 saturated heterocycles. The van der Waals surface area contributed by atoms with Crippen molar-refractivity contribution in [2.24, 2.45) is 11.3 Å². The van der Waals surface area contributed by atoms with Crippen LogP contribution in [0.5, 0.6) is 0 Å². The summed E-state index contributed by atoms with van der Waals surface area (Å²) in [4.78, 5) is 10.5. The lowest BCUT2D eigenvalue weighted by atomic mass is 9.54. The summed E-state index contributed by atoms with van der Waals surface area (Å²) in [6.45, 7) is 13.4. The van der Waals surface area contributed by atoms with E-state index in [1.165, 1.54) is 212 Å². The number of ether oxygens (including phenoxy) is 1. The molecule has 1 aliphatic heterocycles. The predicted octanol–water partition coefficient (Wildman–Crippen LogP) is 14.7. The average Bonchev–Trinajstić information content (AvgIpc) is 3.47. The summed E-state index contributed by atoms with van der Waals surface area (Å²) in [6, 6.07) is 0. The molecule has 0 aromatic rings. The van der Waals surface area contributed by atoms with Crippen molar-refractivity contribution in [2.75, 3.05) is 6.61 Å². The minimum Gasteiger partial charge on any atom is -0.505 e. The number of rotatable bonds is 39. The molecule has 340 valence electrons. The fourth-order valence-electron chi connectivity index (χ4n) is 9.46. The van der Waals surface area contributed by atoms with Gasteiger partial charge in [0.15, 0.2) is 11.9 Å². The first-order valence-corrected chi connectivity index (χ1v) is 24.9. The van der Waals surface area contributed by atoms with E-state index in [-0.39, 0.29) is 5.41 Å². The lowest BCUT2D eigenvalue weighted by molar-refractivity contribution is -0.147. The van der Waals surface area contributed by atoms with Crippen molar-refractivity contribution in [3.05, 3.63) is 11.5 Å². The average molecular weight is 811 g/mol. The standard InChI is InChI=1S/C44H90O.C6H8O6/c1-7-13-19-25-26-27-29-35-41-44(45,40-34-24-18-12-6)43(38-32-22-16-10-4,39-33-23-17-11-5)42(36-30-21-15-9-3)37-31-28-20-14-8-2;7-1-2(8)5-3(9)4(10)6(11)12-5/h42,45H,7-41H2,1-6H3;2,5,7-10H,1H2/t;2-,5+/m.0/s1. The van der Waals surface area contributed by atoms with Crippen molar-refractivity contribution >= 4 is 5.97 Å². The van der Waals surface area contributed by atoms with Gasteiger partial charge in [0.25, 0.3) is 0 Å². The molecule has 7 nitrogen and oxygen atoms in total. The number of aliphatic hydroxyl groups is 5. The molecule has 0 radical (unpaired) electrons.